The minimum Gasteiger partial charge on any atom is -0.312 e. The van der Waals surface area contributed by atoms with Crippen LogP contribution in [0.1, 0.15) is 12.5 Å². The average molecular weight is 413 g/mol. The molecule has 3 aromatic rings. The van der Waals surface area contributed by atoms with Gasteiger partial charge >= 0.3 is 6.03 Å². The summed E-state index contributed by atoms with van der Waals surface area (Å²) in [6, 6.07) is 12.5. The van der Waals surface area contributed by atoms with Gasteiger partial charge in [-0.15, -0.1) is 11.3 Å². The Hall–Kier alpha value is -2.90. The van der Waals surface area contributed by atoms with E-state index in [0.717, 1.165) is 28.9 Å². The number of rotatable bonds is 3. The molecule has 142 valence electrons. The van der Waals surface area contributed by atoms with Crippen molar-refractivity contribution in [1.82, 2.24) is 4.98 Å². The summed E-state index contributed by atoms with van der Waals surface area (Å²) >= 11 is 7.26. The largest absolute Gasteiger partial charge is 0.325 e. The van der Waals surface area contributed by atoms with E-state index in [-0.39, 0.29) is 11.9 Å². The van der Waals surface area contributed by atoms with Crippen LogP contribution in [0.4, 0.5) is 21.3 Å². The van der Waals surface area contributed by atoms with E-state index >= 15 is 0 Å². The van der Waals surface area contributed by atoms with Crippen LogP contribution in [0, 0.1) is 0 Å². The molecule has 2 N–H and O–H groups in total. The Balaban J connectivity index is 1.48. The number of thiazole rings is 1. The fraction of sp³-hybridized carbons (Fsp3) is 0.150. The number of nitrogens with one attached hydrogen (secondary N) is 2. The first-order valence-electron chi connectivity index (χ1n) is 8.70. The number of anilines is 3. The molecule has 0 bridgehead atoms. The van der Waals surface area contributed by atoms with E-state index < -0.39 is 0 Å². The Morgan fingerprint density at radius 3 is 2.82 bits per heavy atom. The molecule has 0 atom stereocenters. The molecule has 0 spiro atoms. The summed E-state index contributed by atoms with van der Waals surface area (Å²) in [5.41, 5.74) is 4.36. The normalized spacial score (nSPS) is 12.6. The number of amides is 3. The third-order valence-electron chi connectivity index (χ3n) is 4.46. The van der Waals surface area contributed by atoms with Crippen molar-refractivity contribution >= 4 is 51.4 Å². The fourth-order valence-electron chi connectivity index (χ4n) is 3.16. The molecule has 28 heavy (non-hydrogen) atoms. The van der Waals surface area contributed by atoms with Crippen LogP contribution in [0.3, 0.4) is 0 Å². The number of fused-ring (bicyclic) bond motifs is 1. The molecule has 6 nitrogen and oxygen atoms in total. The number of aromatic nitrogens is 1. The van der Waals surface area contributed by atoms with Gasteiger partial charge in [0.15, 0.2) is 5.13 Å². The van der Waals surface area contributed by atoms with E-state index in [4.69, 9.17) is 11.6 Å². The number of benzene rings is 2. The van der Waals surface area contributed by atoms with Gasteiger partial charge < -0.3 is 10.2 Å². The second-order valence-corrected chi connectivity index (χ2v) is 7.69. The van der Waals surface area contributed by atoms with Gasteiger partial charge in [-0.1, -0.05) is 29.8 Å². The van der Waals surface area contributed by atoms with Gasteiger partial charge in [0, 0.05) is 40.8 Å². The van der Waals surface area contributed by atoms with Gasteiger partial charge in [-0.25, -0.2) is 9.78 Å². The Bertz CT molecular complexity index is 1070. The van der Waals surface area contributed by atoms with Crippen LogP contribution in [-0.4, -0.2) is 23.5 Å². The summed E-state index contributed by atoms with van der Waals surface area (Å²) in [4.78, 5) is 30.2. The summed E-state index contributed by atoms with van der Waals surface area (Å²) < 4.78 is 0. The van der Waals surface area contributed by atoms with Crippen LogP contribution in [0.5, 0.6) is 0 Å². The lowest BCUT2D eigenvalue weighted by molar-refractivity contribution is -0.116. The average Bonchev–Trinajstić information content (AvgIpc) is 3.27. The first kappa shape index (κ1) is 18.5. The molecule has 0 fully saturated rings. The van der Waals surface area contributed by atoms with Crippen LogP contribution < -0.4 is 15.5 Å². The number of carbonyl (C=O) groups excluding carboxylic acids is 2. The third-order valence-corrected chi connectivity index (χ3v) is 5.46. The quantitative estimate of drug-likeness (QED) is 0.634. The van der Waals surface area contributed by atoms with Crippen molar-refractivity contribution in [3.63, 3.8) is 0 Å². The second kappa shape index (κ2) is 7.61. The molecule has 2 heterocycles. The summed E-state index contributed by atoms with van der Waals surface area (Å²) in [5, 5.41) is 8.36. The van der Waals surface area contributed by atoms with Crippen molar-refractivity contribution in [2.45, 2.75) is 13.3 Å². The zero-order valence-corrected chi connectivity index (χ0v) is 16.6. The highest BCUT2D eigenvalue weighted by atomic mass is 35.5. The molecule has 0 saturated heterocycles. The van der Waals surface area contributed by atoms with Crippen LogP contribution in [0.2, 0.25) is 5.02 Å². The molecular weight excluding hydrogens is 396 g/mol. The Morgan fingerprint density at radius 1 is 1.18 bits per heavy atom. The highest BCUT2D eigenvalue weighted by Gasteiger charge is 2.22. The van der Waals surface area contributed by atoms with Gasteiger partial charge in [-0.2, -0.15) is 0 Å². The van der Waals surface area contributed by atoms with Crippen molar-refractivity contribution in [1.29, 1.82) is 0 Å². The molecule has 2 aromatic carbocycles. The first-order chi connectivity index (χ1) is 13.5. The molecular formula is C20H17ClN4O2S. The van der Waals surface area contributed by atoms with Crippen molar-refractivity contribution in [2.75, 3.05) is 22.1 Å². The van der Waals surface area contributed by atoms with E-state index in [1.54, 1.807) is 36.1 Å². The molecule has 8 heteroatoms. The molecule has 0 radical (unpaired) electrons. The van der Waals surface area contributed by atoms with Crippen molar-refractivity contribution in [3.8, 4) is 11.3 Å². The van der Waals surface area contributed by atoms with E-state index in [2.05, 4.69) is 15.6 Å². The summed E-state index contributed by atoms with van der Waals surface area (Å²) in [7, 11) is 0. The maximum Gasteiger partial charge on any atom is 0.325 e. The number of urea groups is 1. The van der Waals surface area contributed by atoms with E-state index in [0.29, 0.717) is 22.4 Å². The van der Waals surface area contributed by atoms with Crippen molar-refractivity contribution in [2.24, 2.45) is 0 Å². The van der Waals surface area contributed by atoms with Gasteiger partial charge in [0.05, 0.1) is 5.69 Å². The summed E-state index contributed by atoms with van der Waals surface area (Å²) in [6.45, 7) is 2.28. The minimum atomic E-state index is -0.389. The molecule has 0 unspecified atom stereocenters. The van der Waals surface area contributed by atoms with Crippen LogP contribution in [-0.2, 0) is 11.2 Å². The molecule has 0 saturated carbocycles. The van der Waals surface area contributed by atoms with E-state index in [9.17, 15) is 9.59 Å². The minimum absolute atomic E-state index is 0.0363. The smallest absolute Gasteiger partial charge is 0.312 e. The monoisotopic (exact) mass is 412 g/mol. The van der Waals surface area contributed by atoms with E-state index in [1.807, 2.05) is 23.6 Å². The zero-order valence-electron chi connectivity index (χ0n) is 15.0. The standard InChI is InChI=1S/C20H17ClN4O2S/c1-12(26)25-8-7-13-5-6-14(9-18(13)25)17-11-28-20(23-17)24-19(27)22-16-4-2-3-15(21)10-16/h2-6,9-11H,7-8H2,1H3,(H2,22,23,24,27). The Kier molecular flexibility index (Phi) is 5.02. The zero-order chi connectivity index (χ0) is 19.7. The molecule has 1 aliphatic rings. The highest BCUT2D eigenvalue weighted by Crippen LogP contribution is 2.34. The topological polar surface area (TPSA) is 74.3 Å². The highest BCUT2D eigenvalue weighted by molar-refractivity contribution is 7.14. The van der Waals surface area contributed by atoms with Gasteiger partial charge in [0.1, 0.15) is 0 Å². The molecule has 4 rings (SSSR count). The molecule has 1 aromatic heterocycles. The summed E-state index contributed by atoms with van der Waals surface area (Å²) in [6.07, 6.45) is 0.864. The number of halogens is 1. The number of carbonyl (C=O) groups is 2. The first-order valence-corrected chi connectivity index (χ1v) is 9.96. The molecule has 0 aliphatic carbocycles. The number of hydrogen-bond acceptors (Lipinski definition) is 4. The Morgan fingerprint density at radius 2 is 2.04 bits per heavy atom. The lowest BCUT2D eigenvalue weighted by Crippen LogP contribution is -2.25. The van der Waals surface area contributed by atoms with Crippen LogP contribution in [0.15, 0.2) is 47.8 Å². The Labute approximate surface area is 171 Å². The third kappa shape index (κ3) is 3.85. The van der Waals surface area contributed by atoms with Gasteiger partial charge in [-0.3, -0.25) is 10.1 Å². The summed E-state index contributed by atoms with van der Waals surface area (Å²) in [5.74, 6) is 0.0363. The lowest BCUT2D eigenvalue weighted by atomic mass is 10.1. The number of nitrogens with zero attached hydrogens (tertiary/aromatic N) is 2. The fourth-order valence-corrected chi connectivity index (χ4v) is 4.06. The molecule has 3 amide bonds. The molecule has 1 aliphatic heterocycles. The van der Waals surface area contributed by atoms with Gasteiger partial charge in [0.25, 0.3) is 0 Å². The SMILES string of the molecule is CC(=O)N1CCc2ccc(-c3csc(NC(=O)Nc4cccc(Cl)c4)n3)cc21. The van der Waals surface area contributed by atoms with Gasteiger partial charge in [-0.05, 0) is 36.2 Å². The van der Waals surface area contributed by atoms with Gasteiger partial charge in [0.2, 0.25) is 5.91 Å². The second-order valence-electron chi connectivity index (χ2n) is 6.39. The van der Waals surface area contributed by atoms with Crippen molar-refractivity contribution < 1.29 is 9.59 Å². The number of hydrogen-bond donors (Lipinski definition) is 2. The predicted octanol–water partition coefficient (Wildman–Crippen LogP) is 5.02. The maximum absolute atomic E-state index is 12.2. The van der Waals surface area contributed by atoms with Crippen molar-refractivity contribution in [3.05, 3.63) is 58.4 Å². The van der Waals surface area contributed by atoms with E-state index in [1.165, 1.54) is 11.3 Å². The predicted molar refractivity (Wildman–Crippen MR) is 113 cm³/mol. The van der Waals surface area contributed by atoms with Crippen LogP contribution in [0.25, 0.3) is 11.3 Å². The van der Waals surface area contributed by atoms with Crippen LogP contribution >= 0.6 is 22.9 Å². The maximum atomic E-state index is 12.2. The lowest BCUT2D eigenvalue weighted by Gasteiger charge is -2.15.